The van der Waals surface area contributed by atoms with E-state index in [1.165, 1.54) is 5.56 Å². The van der Waals surface area contributed by atoms with Crippen LogP contribution in [0.2, 0.25) is 5.02 Å². The number of carbonyl (C=O) groups excluding carboxylic acids is 1. The molecule has 0 unspecified atom stereocenters. The highest BCUT2D eigenvalue weighted by Crippen LogP contribution is 2.36. The van der Waals surface area contributed by atoms with Gasteiger partial charge in [-0.25, -0.2) is 0 Å². The summed E-state index contributed by atoms with van der Waals surface area (Å²) in [6, 6.07) is 11.8. The van der Waals surface area contributed by atoms with Gasteiger partial charge in [-0.15, -0.1) is 0 Å². The first-order valence-corrected chi connectivity index (χ1v) is 11.2. The number of hydrogen-bond donors (Lipinski definition) is 0. The van der Waals surface area contributed by atoms with Gasteiger partial charge in [-0.1, -0.05) is 23.7 Å². The number of carbonyl (C=O) groups is 1. The molecule has 1 aliphatic rings. The number of nitrogens with zero attached hydrogens (tertiary/aromatic N) is 2. The molecule has 1 amide bonds. The fraction of sp³-hybridized carbons (Fsp3) is 0.400. The first-order valence-electron chi connectivity index (χ1n) is 10.9. The van der Waals surface area contributed by atoms with E-state index in [-0.39, 0.29) is 5.91 Å². The van der Waals surface area contributed by atoms with Crippen molar-refractivity contribution in [2.45, 2.75) is 13.3 Å². The molecule has 1 aliphatic heterocycles. The number of rotatable bonds is 9. The molecule has 172 valence electrons. The number of benzene rings is 2. The minimum Gasteiger partial charge on any atom is -0.497 e. The van der Waals surface area contributed by atoms with Crippen molar-refractivity contribution in [1.82, 2.24) is 9.80 Å². The molecule has 0 radical (unpaired) electrons. The molecule has 0 atom stereocenters. The van der Waals surface area contributed by atoms with E-state index < -0.39 is 0 Å². The average Bonchev–Trinajstić information content (AvgIpc) is 2.82. The lowest BCUT2D eigenvalue weighted by molar-refractivity contribution is -0.127. The molecular weight excluding hydrogens is 428 g/mol. The van der Waals surface area contributed by atoms with Gasteiger partial charge in [-0.05, 0) is 54.8 Å². The molecule has 0 saturated carbocycles. The van der Waals surface area contributed by atoms with Gasteiger partial charge in [0.1, 0.15) is 5.75 Å². The van der Waals surface area contributed by atoms with Crippen LogP contribution in [-0.4, -0.2) is 69.3 Å². The van der Waals surface area contributed by atoms with Gasteiger partial charge in [0.25, 0.3) is 0 Å². The fourth-order valence-electron chi connectivity index (χ4n) is 3.69. The summed E-state index contributed by atoms with van der Waals surface area (Å²) in [6.07, 6.45) is 4.35. The highest BCUT2D eigenvalue weighted by atomic mass is 35.5. The van der Waals surface area contributed by atoms with Crippen LogP contribution in [0.4, 0.5) is 0 Å². The lowest BCUT2D eigenvalue weighted by Gasteiger charge is -2.34. The van der Waals surface area contributed by atoms with E-state index >= 15 is 0 Å². The summed E-state index contributed by atoms with van der Waals surface area (Å²) in [7, 11) is 3.23. The first-order chi connectivity index (χ1) is 15.5. The molecule has 2 aromatic rings. The van der Waals surface area contributed by atoms with Crippen molar-refractivity contribution in [2.75, 3.05) is 53.6 Å². The maximum Gasteiger partial charge on any atom is 0.246 e. The quantitative estimate of drug-likeness (QED) is 0.528. The summed E-state index contributed by atoms with van der Waals surface area (Å²) in [5, 5.41) is 0.455. The third-order valence-electron chi connectivity index (χ3n) is 5.51. The second-order valence-electron chi connectivity index (χ2n) is 7.57. The number of piperazine rings is 1. The average molecular weight is 459 g/mol. The molecule has 1 saturated heterocycles. The minimum absolute atomic E-state index is 0.00436. The molecule has 2 aromatic carbocycles. The van der Waals surface area contributed by atoms with Gasteiger partial charge >= 0.3 is 0 Å². The lowest BCUT2D eigenvalue weighted by atomic mass is 10.1. The van der Waals surface area contributed by atoms with Gasteiger partial charge in [0, 0.05) is 38.8 Å². The van der Waals surface area contributed by atoms with Crippen LogP contribution >= 0.6 is 11.6 Å². The zero-order valence-corrected chi connectivity index (χ0v) is 19.7. The molecule has 0 spiro atoms. The predicted molar refractivity (Wildman–Crippen MR) is 128 cm³/mol. The zero-order chi connectivity index (χ0) is 22.9. The smallest absolute Gasteiger partial charge is 0.246 e. The third kappa shape index (κ3) is 6.40. The first kappa shape index (κ1) is 24.0. The van der Waals surface area contributed by atoms with Crippen LogP contribution in [0.5, 0.6) is 17.2 Å². The molecule has 0 N–H and O–H groups in total. The molecule has 3 rings (SSSR count). The Hall–Kier alpha value is -2.70. The number of amides is 1. The van der Waals surface area contributed by atoms with Crippen molar-refractivity contribution in [3.05, 3.63) is 58.6 Å². The van der Waals surface area contributed by atoms with Gasteiger partial charge in [-0.3, -0.25) is 9.69 Å². The monoisotopic (exact) mass is 458 g/mol. The maximum atomic E-state index is 12.7. The Bertz CT molecular complexity index is 922. The Balaban J connectivity index is 1.50. The topological polar surface area (TPSA) is 51.2 Å². The highest BCUT2D eigenvalue weighted by molar-refractivity contribution is 6.32. The van der Waals surface area contributed by atoms with Gasteiger partial charge in [0.05, 0.1) is 25.8 Å². The summed E-state index contributed by atoms with van der Waals surface area (Å²) in [6.45, 7) is 6.57. The second-order valence-corrected chi connectivity index (χ2v) is 7.97. The van der Waals surface area contributed by atoms with Crippen molar-refractivity contribution < 1.29 is 19.0 Å². The van der Waals surface area contributed by atoms with Crippen LogP contribution in [0.1, 0.15) is 18.1 Å². The van der Waals surface area contributed by atoms with E-state index in [1.54, 1.807) is 32.4 Å². The normalized spacial score (nSPS) is 14.6. The summed E-state index contributed by atoms with van der Waals surface area (Å²) in [5.74, 6) is 1.95. The summed E-state index contributed by atoms with van der Waals surface area (Å²) < 4.78 is 16.1. The molecule has 1 fully saturated rings. The highest BCUT2D eigenvalue weighted by Gasteiger charge is 2.19. The Labute approximate surface area is 195 Å². The maximum absolute atomic E-state index is 12.7. The van der Waals surface area contributed by atoms with Gasteiger partial charge in [0.15, 0.2) is 11.5 Å². The van der Waals surface area contributed by atoms with Crippen molar-refractivity contribution in [3.63, 3.8) is 0 Å². The van der Waals surface area contributed by atoms with Gasteiger partial charge in [-0.2, -0.15) is 0 Å². The Morgan fingerprint density at radius 2 is 1.78 bits per heavy atom. The van der Waals surface area contributed by atoms with Crippen molar-refractivity contribution in [2.24, 2.45) is 0 Å². The van der Waals surface area contributed by atoms with E-state index in [0.29, 0.717) is 23.1 Å². The summed E-state index contributed by atoms with van der Waals surface area (Å²) in [5.41, 5.74) is 2.09. The Kier molecular flexibility index (Phi) is 8.82. The van der Waals surface area contributed by atoms with Crippen LogP contribution in [0.25, 0.3) is 6.08 Å². The Morgan fingerprint density at radius 1 is 1.06 bits per heavy atom. The van der Waals surface area contributed by atoms with E-state index in [0.717, 1.165) is 50.5 Å². The fourth-order valence-corrected chi connectivity index (χ4v) is 3.99. The van der Waals surface area contributed by atoms with Crippen LogP contribution in [0.15, 0.2) is 42.5 Å². The standard InChI is InChI=1S/C25H31ClN2O4/c1-4-32-23-18-20(17-22(26)25(23)31-3)7-10-24(29)28-15-13-27(14-16-28)12-11-19-5-8-21(30-2)9-6-19/h5-10,17-18H,4,11-16H2,1-3H3/b10-7+. The molecular formula is C25H31ClN2O4. The number of ether oxygens (including phenoxy) is 3. The molecule has 6 nitrogen and oxygen atoms in total. The van der Waals surface area contributed by atoms with Crippen LogP contribution in [0.3, 0.4) is 0 Å². The minimum atomic E-state index is 0.00436. The molecule has 1 heterocycles. The van der Waals surface area contributed by atoms with E-state index in [9.17, 15) is 4.79 Å². The van der Waals surface area contributed by atoms with Crippen molar-refractivity contribution in [1.29, 1.82) is 0 Å². The largest absolute Gasteiger partial charge is 0.497 e. The molecule has 7 heteroatoms. The molecule has 32 heavy (non-hydrogen) atoms. The summed E-state index contributed by atoms with van der Waals surface area (Å²) >= 11 is 6.29. The van der Waals surface area contributed by atoms with E-state index in [2.05, 4.69) is 17.0 Å². The number of halogens is 1. The number of hydrogen-bond acceptors (Lipinski definition) is 5. The zero-order valence-electron chi connectivity index (χ0n) is 19.0. The lowest BCUT2D eigenvalue weighted by Crippen LogP contribution is -2.48. The van der Waals surface area contributed by atoms with Crippen LogP contribution in [-0.2, 0) is 11.2 Å². The van der Waals surface area contributed by atoms with E-state index in [4.69, 9.17) is 25.8 Å². The van der Waals surface area contributed by atoms with E-state index in [1.807, 2.05) is 30.0 Å². The predicted octanol–water partition coefficient (Wildman–Crippen LogP) is 4.16. The second kappa shape index (κ2) is 11.8. The molecule has 0 aromatic heterocycles. The van der Waals surface area contributed by atoms with Crippen LogP contribution < -0.4 is 14.2 Å². The molecule has 0 bridgehead atoms. The third-order valence-corrected chi connectivity index (χ3v) is 5.79. The van der Waals surface area contributed by atoms with Gasteiger partial charge in [0.2, 0.25) is 5.91 Å². The summed E-state index contributed by atoms with van der Waals surface area (Å²) in [4.78, 5) is 16.9. The van der Waals surface area contributed by atoms with Gasteiger partial charge < -0.3 is 19.1 Å². The SMILES string of the molecule is CCOc1cc(/C=C/C(=O)N2CCN(CCc3ccc(OC)cc3)CC2)cc(Cl)c1OC. The van der Waals surface area contributed by atoms with Crippen LogP contribution in [0, 0.1) is 0 Å². The molecule has 0 aliphatic carbocycles. The van der Waals surface area contributed by atoms with Crippen molar-refractivity contribution in [3.8, 4) is 17.2 Å². The number of methoxy groups -OCH3 is 2. The van der Waals surface area contributed by atoms with Crippen molar-refractivity contribution >= 4 is 23.6 Å². The Morgan fingerprint density at radius 3 is 2.41 bits per heavy atom.